The average molecular weight is 437 g/mol. The molecule has 4 rings (SSSR count). The van der Waals surface area contributed by atoms with E-state index in [-0.39, 0.29) is 11.4 Å². The first-order chi connectivity index (χ1) is 14.6. The molecule has 2 aromatic heterocycles. The molecule has 0 bridgehead atoms. The number of hydrogen-bond acceptors (Lipinski definition) is 7. The molecule has 1 amide bonds. The minimum atomic E-state index is -0.564. The van der Waals surface area contributed by atoms with Crippen LogP contribution in [0.1, 0.15) is 25.7 Å². The largest absolute Gasteiger partial charge is 0.422 e. The third kappa shape index (κ3) is 4.19. The van der Waals surface area contributed by atoms with Crippen LogP contribution in [-0.4, -0.2) is 28.1 Å². The number of hydrazone groups is 1. The van der Waals surface area contributed by atoms with Crippen molar-refractivity contribution in [1.29, 1.82) is 0 Å². The highest BCUT2D eigenvalue weighted by Gasteiger charge is 2.19. The first-order valence-corrected chi connectivity index (χ1v) is 9.90. The van der Waals surface area contributed by atoms with Crippen molar-refractivity contribution in [3.05, 3.63) is 88.3 Å². The molecule has 0 fully saturated rings. The molecule has 9 heteroatoms. The molecule has 0 aliphatic carbocycles. The van der Waals surface area contributed by atoms with Gasteiger partial charge in [-0.05, 0) is 18.2 Å². The molecule has 0 unspecified atom stereocenters. The number of halogens is 1. The number of hydrogen-bond donors (Lipinski definition) is 1. The minimum Gasteiger partial charge on any atom is -0.422 e. The molecule has 7 nitrogen and oxygen atoms in total. The monoisotopic (exact) mass is 436 g/mol. The summed E-state index contributed by atoms with van der Waals surface area (Å²) in [7, 11) is 0. The van der Waals surface area contributed by atoms with Gasteiger partial charge in [0.1, 0.15) is 16.3 Å². The van der Waals surface area contributed by atoms with Crippen molar-refractivity contribution in [2.24, 2.45) is 5.10 Å². The Hall–Kier alpha value is -3.62. The number of para-hydroxylation sites is 1. The Bertz CT molecular complexity index is 1260. The lowest BCUT2D eigenvalue weighted by molar-refractivity contribution is 0.0739. The van der Waals surface area contributed by atoms with Crippen molar-refractivity contribution in [3.63, 3.8) is 0 Å². The van der Waals surface area contributed by atoms with Crippen LogP contribution in [0.3, 0.4) is 0 Å². The van der Waals surface area contributed by atoms with Gasteiger partial charge in [-0.25, -0.2) is 15.2 Å². The molecule has 0 radical (unpaired) electrons. The summed E-state index contributed by atoms with van der Waals surface area (Å²) in [4.78, 5) is 32.7. The maximum Gasteiger partial charge on any atom is 0.355 e. The molecule has 1 N–H and O–H groups in total. The highest BCUT2D eigenvalue weighted by Crippen LogP contribution is 2.35. The van der Waals surface area contributed by atoms with Crippen LogP contribution in [0.4, 0.5) is 0 Å². The number of nitrogens with zero attached hydrogens (tertiary/aromatic N) is 3. The van der Waals surface area contributed by atoms with E-state index >= 15 is 0 Å². The van der Waals surface area contributed by atoms with Gasteiger partial charge in [-0.3, -0.25) is 9.78 Å². The Kier molecular flexibility index (Phi) is 5.78. The van der Waals surface area contributed by atoms with E-state index in [4.69, 9.17) is 16.3 Å². The molecule has 0 spiro atoms. The topological polar surface area (TPSA) is 93.5 Å². The van der Waals surface area contributed by atoms with Crippen molar-refractivity contribution in [1.82, 2.24) is 15.4 Å². The molecule has 0 saturated carbocycles. The van der Waals surface area contributed by atoms with E-state index in [1.165, 1.54) is 36.1 Å². The van der Waals surface area contributed by atoms with Gasteiger partial charge < -0.3 is 4.74 Å². The van der Waals surface area contributed by atoms with Gasteiger partial charge >= 0.3 is 5.97 Å². The first kappa shape index (κ1) is 19.7. The zero-order valence-corrected chi connectivity index (χ0v) is 16.9. The van der Waals surface area contributed by atoms with E-state index < -0.39 is 11.9 Å². The fraction of sp³-hybridized carbons (Fsp3) is 0. The van der Waals surface area contributed by atoms with E-state index in [9.17, 15) is 9.59 Å². The predicted molar refractivity (Wildman–Crippen MR) is 115 cm³/mol. The summed E-state index contributed by atoms with van der Waals surface area (Å²) < 4.78 is 6.44. The SMILES string of the molecule is O=C(N/N=C\c1ccccc1OC(=O)c1sc2ccccc2c1Cl)c1cnccn1. The Morgan fingerprint density at radius 2 is 1.90 bits per heavy atom. The van der Waals surface area contributed by atoms with Crippen molar-refractivity contribution in [2.45, 2.75) is 0 Å². The zero-order valence-electron chi connectivity index (χ0n) is 15.3. The number of esters is 1. The Morgan fingerprint density at radius 3 is 2.70 bits per heavy atom. The maximum absolute atomic E-state index is 12.7. The smallest absolute Gasteiger partial charge is 0.355 e. The molecule has 30 heavy (non-hydrogen) atoms. The van der Waals surface area contributed by atoms with Crippen LogP contribution in [0.25, 0.3) is 10.1 Å². The predicted octanol–water partition coefficient (Wildman–Crippen LogP) is 4.33. The van der Waals surface area contributed by atoms with Gasteiger partial charge in [0.05, 0.1) is 17.4 Å². The van der Waals surface area contributed by atoms with Crippen molar-refractivity contribution in [2.75, 3.05) is 0 Å². The van der Waals surface area contributed by atoms with E-state index in [0.29, 0.717) is 15.5 Å². The number of rotatable bonds is 5. The number of carbonyl (C=O) groups excluding carboxylic acids is 2. The van der Waals surface area contributed by atoms with Crippen LogP contribution < -0.4 is 10.2 Å². The van der Waals surface area contributed by atoms with E-state index in [1.54, 1.807) is 24.3 Å². The summed E-state index contributed by atoms with van der Waals surface area (Å²) in [5, 5.41) is 5.07. The molecule has 0 saturated heterocycles. The Balaban J connectivity index is 1.51. The highest BCUT2D eigenvalue weighted by atomic mass is 35.5. The summed E-state index contributed by atoms with van der Waals surface area (Å²) in [6.45, 7) is 0. The summed E-state index contributed by atoms with van der Waals surface area (Å²) >= 11 is 7.63. The molecular weight excluding hydrogens is 424 g/mol. The standard InChI is InChI=1S/C21H13ClN4O3S/c22-18-14-6-2-4-8-17(14)30-19(18)21(28)29-16-7-3-1-5-13(16)11-25-26-20(27)15-12-23-9-10-24-15/h1-12H,(H,26,27)/b25-11-. The lowest BCUT2D eigenvalue weighted by atomic mass is 10.2. The van der Waals surface area contributed by atoms with Crippen LogP contribution >= 0.6 is 22.9 Å². The quantitative estimate of drug-likeness (QED) is 0.217. The third-order valence-electron chi connectivity index (χ3n) is 4.01. The van der Waals surface area contributed by atoms with Gasteiger partial charge in [0, 0.05) is 28.0 Å². The van der Waals surface area contributed by atoms with Crippen molar-refractivity contribution in [3.8, 4) is 5.75 Å². The van der Waals surface area contributed by atoms with Crippen molar-refractivity contribution < 1.29 is 14.3 Å². The van der Waals surface area contributed by atoms with Crippen LogP contribution in [-0.2, 0) is 0 Å². The van der Waals surface area contributed by atoms with Gasteiger partial charge in [-0.1, -0.05) is 41.9 Å². The number of carbonyl (C=O) groups is 2. The normalized spacial score (nSPS) is 11.0. The van der Waals surface area contributed by atoms with Crippen LogP contribution in [0.15, 0.2) is 72.2 Å². The molecule has 2 heterocycles. The van der Waals surface area contributed by atoms with Gasteiger partial charge in [-0.15, -0.1) is 11.3 Å². The second-order valence-electron chi connectivity index (χ2n) is 5.96. The van der Waals surface area contributed by atoms with Crippen molar-refractivity contribution >= 4 is 51.1 Å². The Morgan fingerprint density at radius 1 is 1.10 bits per heavy atom. The fourth-order valence-electron chi connectivity index (χ4n) is 2.61. The number of thiophene rings is 1. The van der Waals surface area contributed by atoms with Crippen LogP contribution in [0.2, 0.25) is 5.02 Å². The lowest BCUT2D eigenvalue weighted by Crippen LogP contribution is -2.19. The lowest BCUT2D eigenvalue weighted by Gasteiger charge is -2.06. The number of fused-ring (bicyclic) bond motifs is 1. The number of nitrogens with one attached hydrogen (secondary N) is 1. The maximum atomic E-state index is 12.7. The van der Waals surface area contributed by atoms with Crippen LogP contribution in [0.5, 0.6) is 5.75 Å². The van der Waals surface area contributed by atoms with E-state index in [1.807, 2.05) is 24.3 Å². The third-order valence-corrected chi connectivity index (χ3v) is 5.66. The molecule has 148 valence electrons. The summed E-state index contributed by atoms with van der Waals surface area (Å²) in [6, 6.07) is 14.3. The van der Waals surface area contributed by atoms with E-state index in [0.717, 1.165) is 10.1 Å². The summed E-state index contributed by atoms with van der Waals surface area (Å²) in [5.74, 6) is -0.787. The highest BCUT2D eigenvalue weighted by molar-refractivity contribution is 7.21. The van der Waals surface area contributed by atoms with Gasteiger partial charge in [0.2, 0.25) is 0 Å². The number of amides is 1. The number of aromatic nitrogens is 2. The second-order valence-corrected chi connectivity index (χ2v) is 7.39. The first-order valence-electron chi connectivity index (χ1n) is 8.71. The van der Waals surface area contributed by atoms with Gasteiger partial charge in [-0.2, -0.15) is 5.10 Å². The molecule has 0 aliphatic heterocycles. The fourth-order valence-corrected chi connectivity index (χ4v) is 3.99. The Labute approximate surface area is 180 Å². The summed E-state index contributed by atoms with van der Waals surface area (Å²) in [6.07, 6.45) is 5.58. The van der Waals surface area contributed by atoms with Crippen LogP contribution in [0, 0.1) is 0 Å². The number of benzene rings is 2. The zero-order chi connectivity index (χ0) is 20.9. The minimum absolute atomic E-state index is 0.133. The second kappa shape index (κ2) is 8.81. The number of ether oxygens (including phenoxy) is 1. The molecule has 2 aromatic carbocycles. The summed E-state index contributed by atoms with van der Waals surface area (Å²) in [5.41, 5.74) is 2.99. The molecule has 4 aromatic rings. The molecule has 0 aliphatic rings. The average Bonchev–Trinajstić information content (AvgIpc) is 3.12. The van der Waals surface area contributed by atoms with Gasteiger partial charge in [0.25, 0.3) is 5.91 Å². The molecular formula is C21H13ClN4O3S. The molecule has 0 atom stereocenters. The van der Waals surface area contributed by atoms with Gasteiger partial charge in [0.15, 0.2) is 0 Å². The van der Waals surface area contributed by atoms with E-state index in [2.05, 4.69) is 20.5 Å².